The zero-order chi connectivity index (χ0) is 19.1. The minimum Gasteiger partial charge on any atom is -0.423 e. The summed E-state index contributed by atoms with van der Waals surface area (Å²) in [5.41, 5.74) is 3.29. The molecule has 27 heavy (non-hydrogen) atoms. The van der Waals surface area contributed by atoms with Crippen molar-refractivity contribution in [1.29, 1.82) is 0 Å². The number of hydrogen-bond acceptors (Lipinski definition) is 2. The maximum Gasteiger partial charge on any atom is 0.343 e. The number of carbonyl (C=O) groups excluding carboxylic acids is 1. The number of carbonyl (C=O) groups is 1. The molecule has 0 saturated carbocycles. The fourth-order valence-electron chi connectivity index (χ4n) is 4.26. The lowest BCUT2D eigenvalue weighted by Crippen LogP contribution is -2.20. The second-order valence-corrected chi connectivity index (χ2v) is 11.4. The van der Waals surface area contributed by atoms with E-state index in [1.807, 2.05) is 36.4 Å². The van der Waals surface area contributed by atoms with Gasteiger partial charge in [-0.05, 0) is 60.6 Å². The minimum atomic E-state index is -0.437. The maximum absolute atomic E-state index is 12.4. The van der Waals surface area contributed by atoms with Crippen LogP contribution in [0.3, 0.4) is 0 Å². The Morgan fingerprint density at radius 1 is 0.963 bits per heavy atom. The van der Waals surface area contributed by atoms with E-state index >= 15 is 0 Å². The predicted octanol–water partition coefficient (Wildman–Crippen LogP) is 6.37. The van der Waals surface area contributed by atoms with Gasteiger partial charge in [0.1, 0.15) is 5.75 Å². The van der Waals surface area contributed by atoms with Gasteiger partial charge in [0.15, 0.2) is 0 Å². The molecule has 1 heterocycles. The molecule has 0 aromatic heterocycles. The zero-order valence-corrected chi connectivity index (χ0v) is 17.9. The van der Waals surface area contributed by atoms with E-state index in [2.05, 4.69) is 26.0 Å². The molecule has 0 spiro atoms. The Hall–Kier alpha value is -1.87. The van der Waals surface area contributed by atoms with Crippen LogP contribution in [0.5, 0.6) is 5.75 Å². The van der Waals surface area contributed by atoms with Crippen LogP contribution in [0.4, 0.5) is 0 Å². The normalized spacial score (nSPS) is 19.6. The van der Waals surface area contributed by atoms with Crippen molar-refractivity contribution in [1.82, 2.24) is 0 Å². The van der Waals surface area contributed by atoms with Crippen LogP contribution >= 0.6 is 0 Å². The Bertz CT molecular complexity index is 713. The highest BCUT2D eigenvalue weighted by Crippen LogP contribution is 2.35. The number of hydrogen-bond donors (Lipinski definition) is 0. The molecular formula is C24H32O2Si. The van der Waals surface area contributed by atoms with E-state index in [4.69, 9.17) is 4.74 Å². The molecule has 144 valence electrons. The number of rotatable bonds is 7. The van der Waals surface area contributed by atoms with E-state index in [1.165, 1.54) is 48.5 Å². The van der Waals surface area contributed by atoms with E-state index in [0.717, 1.165) is 12.8 Å². The first-order valence-corrected chi connectivity index (χ1v) is 13.1. The third kappa shape index (κ3) is 5.55. The Morgan fingerprint density at radius 2 is 1.63 bits per heavy atom. The summed E-state index contributed by atoms with van der Waals surface area (Å²) in [7, 11) is -0.437. The molecule has 0 unspecified atom stereocenters. The fraction of sp³-hybridized carbons (Fsp3) is 0.458. The summed E-state index contributed by atoms with van der Waals surface area (Å²) >= 11 is 0. The lowest BCUT2D eigenvalue weighted by Gasteiger charge is -2.27. The molecule has 1 aliphatic heterocycles. The number of aryl methyl sites for hydroxylation is 1. The molecule has 0 N–H and O–H groups in total. The van der Waals surface area contributed by atoms with E-state index in [9.17, 15) is 4.79 Å². The van der Waals surface area contributed by atoms with E-state index in [-0.39, 0.29) is 5.97 Å². The van der Waals surface area contributed by atoms with Crippen LogP contribution in [0.2, 0.25) is 18.1 Å². The highest BCUT2D eigenvalue weighted by atomic mass is 28.3. The van der Waals surface area contributed by atoms with Crippen LogP contribution in [-0.2, 0) is 6.42 Å². The van der Waals surface area contributed by atoms with Gasteiger partial charge in [0.2, 0.25) is 0 Å². The van der Waals surface area contributed by atoms with Crippen molar-refractivity contribution in [3.05, 3.63) is 65.2 Å². The maximum atomic E-state index is 12.4. The van der Waals surface area contributed by atoms with Crippen molar-refractivity contribution in [2.45, 2.75) is 70.0 Å². The van der Waals surface area contributed by atoms with E-state index < -0.39 is 8.80 Å². The van der Waals surface area contributed by atoms with Crippen molar-refractivity contribution in [2.75, 3.05) is 0 Å². The van der Waals surface area contributed by atoms with Crippen LogP contribution in [0.15, 0.2) is 48.5 Å². The first kappa shape index (κ1) is 19.9. The summed E-state index contributed by atoms with van der Waals surface area (Å²) in [6.45, 7) is 4.48. The number of esters is 1. The molecule has 2 aromatic carbocycles. The molecule has 0 aliphatic carbocycles. The van der Waals surface area contributed by atoms with Gasteiger partial charge in [-0.3, -0.25) is 0 Å². The Morgan fingerprint density at radius 3 is 2.22 bits per heavy atom. The summed E-state index contributed by atoms with van der Waals surface area (Å²) in [5.74, 6) is 1.02. The van der Waals surface area contributed by atoms with Crippen molar-refractivity contribution < 1.29 is 9.53 Å². The van der Waals surface area contributed by atoms with Gasteiger partial charge in [-0.25, -0.2) is 4.79 Å². The molecule has 0 radical (unpaired) electrons. The zero-order valence-electron chi connectivity index (χ0n) is 16.7. The van der Waals surface area contributed by atoms with Gasteiger partial charge in [0.25, 0.3) is 0 Å². The highest BCUT2D eigenvalue weighted by Gasteiger charge is 2.22. The Labute approximate surface area is 165 Å². The standard InChI is InChI=1S/C24H32O2Si/c1-3-5-19-6-12-23(13-7-19)26-24(25)22-10-8-20(9-11-22)21-14-17-27(16-4-2)18-15-21/h6-13,21,27H,3-5,14-18H2,1-2H3/t21-,27-. The molecule has 1 saturated heterocycles. The van der Waals surface area contributed by atoms with Crippen molar-refractivity contribution in [3.63, 3.8) is 0 Å². The third-order valence-electron chi connectivity index (χ3n) is 5.83. The van der Waals surface area contributed by atoms with Crippen LogP contribution < -0.4 is 4.74 Å². The van der Waals surface area contributed by atoms with E-state index in [1.54, 1.807) is 0 Å². The van der Waals surface area contributed by atoms with Gasteiger partial charge in [-0.15, -0.1) is 0 Å². The van der Waals surface area contributed by atoms with E-state index in [0.29, 0.717) is 17.2 Å². The van der Waals surface area contributed by atoms with Gasteiger partial charge >= 0.3 is 5.97 Å². The average molecular weight is 381 g/mol. The monoisotopic (exact) mass is 380 g/mol. The van der Waals surface area contributed by atoms with Gasteiger partial charge in [-0.1, -0.05) is 69.1 Å². The third-order valence-corrected chi connectivity index (χ3v) is 9.53. The largest absolute Gasteiger partial charge is 0.423 e. The van der Waals surface area contributed by atoms with Crippen LogP contribution in [0.1, 0.15) is 66.9 Å². The fourth-order valence-corrected chi connectivity index (χ4v) is 7.69. The molecular weight excluding hydrogens is 348 g/mol. The van der Waals surface area contributed by atoms with Gasteiger partial charge in [0, 0.05) is 8.80 Å². The molecule has 1 aliphatic rings. The summed E-state index contributed by atoms with van der Waals surface area (Å²) in [5, 5.41) is 0. The van der Waals surface area contributed by atoms with Crippen molar-refractivity contribution in [2.24, 2.45) is 0 Å². The number of ether oxygens (including phenoxy) is 1. The second kappa shape index (κ2) is 9.89. The number of benzene rings is 2. The predicted molar refractivity (Wildman–Crippen MR) is 116 cm³/mol. The molecule has 0 amide bonds. The lowest BCUT2D eigenvalue weighted by molar-refractivity contribution is 0.0734. The average Bonchev–Trinajstić information content (AvgIpc) is 2.71. The summed E-state index contributed by atoms with van der Waals surface area (Å²) in [4.78, 5) is 12.4. The van der Waals surface area contributed by atoms with Crippen LogP contribution in [0.25, 0.3) is 0 Å². The van der Waals surface area contributed by atoms with Crippen molar-refractivity contribution in [3.8, 4) is 5.75 Å². The molecule has 3 rings (SSSR count). The summed E-state index contributed by atoms with van der Waals surface area (Å²) in [6.07, 6.45) is 6.21. The smallest absolute Gasteiger partial charge is 0.343 e. The van der Waals surface area contributed by atoms with Crippen LogP contribution in [-0.4, -0.2) is 14.8 Å². The summed E-state index contributed by atoms with van der Waals surface area (Å²) < 4.78 is 5.53. The molecule has 3 heteroatoms. The van der Waals surface area contributed by atoms with Gasteiger partial charge in [0.05, 0.1) is 5.56 Å². The Kier molecular flexibility index (Phi) is 7.28. The minimum absolute atomic E-state index is 0.274. The Balaban J connectivity index is 1.56. The highest BCUT2D eigenvalue weighted by molar-refractivity contribution is 6.59. The second-order valence-electron chi connectivity index (χ2n) is 7.91. The van der Waals surface area contributed by atoms with Gasteiger partial charge < -0.3 is 4.74 Å². The first-order valence-electron chi connectivity index (χ1n) is 10.6. The molecule has 0 bridgehead atoms. The van der Waals surface area contributed by atoms with Crippen LogP contribution in [0, 0.1) is 0 Å². The lowest BCUT2D eigenvalue weighted by atomic mass is 9.93. The molecule has 1 fully saturated rings. The molecule has 2 aromatic rings. The SMILES string of the molecule is CCCc1ccc(OC(=O)c2ccc([C@H]3CC[Si@H](CCC)CC3)cc2)cc1. The molecule has 2 nitrogen and oxygen atoms in total. The topological polar surface area (TPSA) is 26.3 Å². The molecule has 0 atom stereocenters. The van der Waals surface area contributed by atoms with Gasteiger partial charge in [-0.2, -0.15) is 0 Å². The van der Waals surface area contributed by atoms with Crippen molar-refractivity contribution >= 4 is 14.8 Å². The summed E-state index contributed by atoms with van der Waals surface area (Å²) in [6, 6.07) is 20.4. The first-order chi connectivity index (χ1) is 13.2. The quantitative estimate of drug-likeness (QED) is 0.317.